The molecule has 0 aliphatic heterocycles. The number of rotatable bonds is 3. The van der Waals surface area contributed by atoms with Crippen LogP contribution in [0.3, 0.4) is 0 Å². The van der Waals surface area contributed by atoms with E-state index in [2.05, 4.69) is 12.6 Å². The maximum absolute atomic E-state index is 5.92. The number of hydrogen-bond acceptors (Lipinski definition) is 2. The van der Waals surface area contributed by atoms with Crippen LogP contribution in [0.2, 0.25) is 10.0 Å². The zero-order valence-electron chi connectivity index (χ0n) is 7.13. The lowest BCUT2D eigenvalue weighted by Crippen LogP contribution is -2.00. The summed E-state index contributed by atoms with van der Waals surface area (Å²) in [6, 6.07) is 5.38. The summed E-state index contributed by atoms with van der Waals surface area (Å²) in [5.41, 5.74) is 0.694. The Bertz CT molecular complexity index is 269. The van der Waals surface area contributed by atoms with Crippen molar-refractivity contribution in [3.05, 3.63) is 33.8 Å². The Kier molecular flexibility index (Phi) is 4.39. The Labute approximate surface area is 93.4 Å². The Balaban J connectivity index is 2.75. The quantitative estimate of drug-likeness (QED) is 0.621. The van der Waals surface area contributed by atoms with Crippen molar-refractivity contribution in [3.63, 3.8) is 0 Å². The second kappa shape index (κ2) is 5.11. The van der Waals surface area contributed by atoms with Gasteiger partial charge in [0.15, 0.2) is 0 Å². The molecule has 0 aliphatic carbocycles. The number of hydrogen-bond donors (Lipinski definition) is 1. The molecule has 0 heterocycles. The van der Waals surface area contributed by atoms with Crippen LogP contribution >= 0.6 is 35.8 Å². The number of ether oxygens (including phenoxy) is 1. The summed E-state index contributed by atoms with van der Waals surface area (Å²) in [7, 11) is 0. The largest absolute Gasteiger partial charge is 0.363 e. The van der Waals surface area contributed by atoms with Crippen LogP contribution in [-0.4, -0.2) is 5.44 Å². The molecule has 0 saturated heterocycles. The van der Waals surface area contributed by atoms with Gasteiger partial charge in [0, 0.05) is 15.6 Å². The maximum atomic E-state index is 5.92. The summed E-state index contributed by atoms with van der Waals surface area (Å²) in [6.07, 6.45) is 0. The minimum Gasteiger partial charge on any atom is -0.363 e. The van der Waals surface area contributed by atoms with Gasteiger partial charge in [-0.25, -0.2) is 0 Å². The van der Waals surface area contributed by atoms with Crippen LogP contribution in [-0.2, 0) is 11.3 Å². The average Bonchev–Trinajstić information content (AvgIpc) is 2.03. The van der Waals surface area contributed by atoms with Crippen molar-refractivity contribution in [3.8, 4) is 0 Å². The zero-order chi connectivity index (χ0) is 9.84. The van der Waals surface area contributed by atoms with Crippen LogP contribution in [0, 0.1) is 0 Å². The molecule has 13 heavy (non-hydrogen) atoms. The molecular weight excluding hydrogens is 227 g/mol. The predicted octanol–water partition coefficient (Wildman–Crippen LogP) is 3.79. The number of benzene rings is 1. The van der Waals surface area contributed by atoms with Gasteiger partial charge in [-0.05, 0) is 19.1 Å². The van der Waals surface area contributed by atoms with Gasteiger partial charge in [-0.3, -0.25) is 0 Å². The highest BCUT2D eigenvalue weighted by atomic mass is 35.5. The molecule has 1 aromatic carbocycles. The molecule has 0 saturated carbocycles. The monoisotopic (exact) mass is 236 g/mol. The number of thiol groups is 1. The van der Waals surface area contributed by atoms with Gasteiger partial charge >= 0.3 is 0 Å². The summed E-state index contributed by atoms with van der Waals surface area (Å²) in [4.78, 5) is 0. The van der Waals surface area contributed by atoms with Gasteiger partial charge in [-0.1, -0.05) is 29.3 Å². The van der Waals surface area contributed by atoms with Gasteiger partial charge in [-0.2, -0.15) is 0 Å². The molecule has 0 N–H and O–H groups in total. The molecule has 4 heteroatoms. The molecule has 1 rings (SSSR count). The molecule has 0 spiro atoms. The van der Waals surface area contributed by atoms with Crippen molar-refractivity contribution in [1.82, 2.24) is 0 Å². The molecular formula is C9H10Cl2OS. The first-order valence-electron chi connectivity index (χ1n) is 3.84. The summed E-state index contributed by atoms with van der Waals surface area (Å²) in [5.74, 6) is 0. The smallest absolute Gasteiger partial charge is 0.0975 e. The highest BCUT2D eigenvalue weighted by Crippen LogP contribution is 2.25. The van der Waals surface area contributed by atoms with Crippen molar-refractivity contribution >= 4 is 35.8 Å². The van der Waals surface area contributed by atoms with E-state index in [0.29, 0.717) is 16.7 Å². The Hall–Kier alpha value is 0.110. The molecule has 0 radical (unpaired) electrons. The third-order valence-corrected chi connectivity index (χ3v) is 2.39. The molecule has 0 bridgehead atoms. The van der Waals surface area contributed by atoms with Crippen LogP contribution < -0.4 is 0 Å². The van der Waals surface area contributed by atoms with Gasteiger partial charge in [0.2, 0.25) is 0 Å². The molecule has 1 atom stereocenters. The van der Waals surface area contributed by atoms with E-state index in [1.54, 1.807) is 18.2 Å². The van der Waals surface area contributed by atoms with Crippen molar-refractivity contribution < 1.29 is 4.74 Å². The normalized spacial score (nSPS) is 12.9. The Morgan fingerprint density at radius 3 is 2.38 bits per heavy atom. The van der Waals surface area contributed by atoms with E-state index in [-0.39, 0.29) is 5.44 Å². The second-order valence-electron chi connectivity index (χ2n) is 2.61. The molecule has 0 aliphatic rings. The Morgan fingerprint density at radius 2 is 1.92 bits per heavy atom. The van der Waals surface area contributed by atoms with E-state index in [0.717, 1.165) is 5.56 Å². The molecule has 1 nitrogen and oxygen atoms in total. The SMILES string of the molecule is CC(S)OCc1c(Cl)cccc1Cl. The van der Waals surface area contributed by atoms with Crippen molar-refractivity contribution in [2.24, 2.45) is 0 Å². The van der Waals surface area contributed by atoms with E-state index in [4.69, 9.17) is 27.9 Å². The van der Waals surface area contributed by atoms with E-state index >= 15 is 0 Å². The van der Waals surface area contributed by atoms with E-state index in [9.17, 15) is 0 Å². The first kappa shape index (κ1) is 11.2. The maximum Gasteiger partial charge on any atom is 0.0975 e. The third kappa shape index (κ3) is 3.39. The molecule has 0 amide bonds. The highest BCUT2D eigenvalue weighted by molar-refractivity contribution is 7.80. The lowest BCUT2D eigenvalue weighted by atomic mass is 10.2. The van der Waals surface area contributed by atoms with E-state index < -0.39 is 0 Å². The molecule has 72 valence electrons. The van der Waals surface area contributed by atoms with Crippen LogP contribution in [0.25, 0.3) is 0 Å². The fraction of sp³-hybridized carbons (Fsp3) is 0.333. The molecule has 1 aromatic rings. The van der Waals surface area contributed by atoms with Crippen LogP contribution in [0.5, 0.6) is 0 Å². The standard InChI is InChI=1S/C9H10Cl2OS/c1-6(13)12-5-7-8(10)3-2-4-9(7)11/h2-4,6,13H,5H2,1H3. The third-order valence-electron chi connectivity index (χ3n) is 1.53. The van der Waals surface area contributed by atoms with Gasteiger partial charge in [0.1, 0.15) is 0 Å². The summed E-state index contributed by atoms with van der Waals surface area (Å²) in [6.45, 7) is 2.23. The summed E-state index contributed by atoms with van der Waals surface area (Å²) >= 11 is 15.9. The van der Waals surface area contributed by atoms with Crippen LogP contribution in [0.15, 0.2) is 18.2 Å². The van der Waals surface area contributed by atoms with Gasteiger partial charge in [-0.15, -0.1) is 12.6 Å². The topological polar surface area (TPSA) is 9.23 Å². The second-order valence-corrected chi connectivity index (χ2v) is 4.15. The van der Waals surface area contributed by atoms with Gasteiger partial charge in [0.05, 0.1) is 12.0 Å². The van der Waals surface area contributed by atoms with E-state index in [1.807, 2.05) is 6.92 Å². The lowest BCUT2D eigenvalue weighted by Gasteiger charge is -2.09. The Morgan fingerprint density at radius 1 is 1.38 bits per heavy atom. The minimum atomic E-state index is -0.118. The first-order valence-corrected chi connectivity index (χ1v) is 5.11. The van der Waals surface area contributed by atoms with Crippen LogP contribution in [0.1, 0.15) is 12.5 Å². The lowest BCUT2D eigenvalue weighted by molar-refractivity contribution is 0.112. The predicted molar refractivity (Wildman–Crippen MR) is 59.7 cm³/mol. The van der Waals surface area contributed by atoms with Crippen molar-refractivity contribution in [1.29, 1.82) is 0 Å². The average molecular weight is 237 g/mol. The van der Waals surface area contributed by atoms with Crippen molar-refractivity contribution in [2.75, 3.05) is 0 Å². The fourth-order valence-electron chi connectivity index (χ4n) is 0.874. The minimum absolute atomic E-state index is 0.118. The van der Waals surface area contributed by atoms with Gasteiger partial charge < -0.3 is 4.74 Å². The van der Waals surface area contributed by atoms with Gasteiger partial charge in [0.25, 0.3) is 0 Å². The first-order chi connectivity index (χ1) is 6.11. The summed E-state index contributed by atoms with van der Waals surface area (Å²) < 4.78 is 5.28. The summed E-state index contributed by atoms with van der Waals surface area (Å²) in [5, 5.41) is 1.25. The highest BCUT2D eigenvalue weighted by Gasteiger charge is 2.05. The molecule has 0 aromatic heterocycles. The van der Waals surface area contributed by atoms with E-state index in [1.165, 1.54) is 0 Å². The molecule has 0 fully saturated rings. The molecule has 1 unspecified atom stereocenters. The number of halogens is 2. The van der Waals surface area contributed by atoms with Crippen LogP contribution in [0.4, 0.5) is 0 Å². The van der Waals surface area contributed by atoms with Crippen molar-refractivity contribution in [2.45, 2.75) is 19.0 Å². The fourth-order valence-corrected chi connectivity index (χ4v) is 1.46. The zero-order valence-corrected chi connectivity index (χ0v) is 9.53.